The molecule has 0 unspecified atom stereocenters. The minimum atomic E-state index is -2.77. The average Bonchev–Trinajstić information content (AvgIpc) is 3.66. The molecule has 0 amide bonds. The Morgan fingerprint density at radius 3 is 2.49 bits per heavy atom. The number of halogens is 2. The van der Waals surface area contributed by atoms with Gasteiger partial charge in [-0.2, -0.15) is 8.78 Å². The van der Waals surface area contributed by atoms with Gasteiger partial charge in [-0.1, -0.05) is 43.4 Å². The predicted molar refractivity (Wildman–Crippen MR) is 144 cm³/mol. The fourth-order valence-corrected chi connectivity index (χ4v) is 4.79. The van der Waals surface area contributed by atoms with Gasteiger partial charge in [0.05, 0.1) is 17.0 Å². The lowest BCUT2D eigenvalue weighted by molar-refractivity contribution is 0.181. The van der Waals surface area contributed by atoms with Gasteiger partial charge in [-0.3, -0.25) is 0 Å². The zero-order chi connectivity index (χ0) is 26.1. The van der Waals surface area contributed by atoms with Crippen LogP contribution in [0.2, 0.25) is 0 Å². The van der Waals surface area contributed by atoms with Crippen molar-refractivity contribution in [1.82, 2.24) is 19.9 Å². The summed E-state index contributed by atoms with van der Waals surface area (Å²) < 4.78 is 26.8. The van der Waals surface area contributed by atoms with Crippen molar-refractivity contribution < 1.29 is 8.78 Å². The minimum Gasteiger partial charge on any atom is -0.366 e. The highest BCUT2D eigenvalue weighted by molar-refractivity contribution is 5.76. The molecule has 0 radical (unpaired) electrons. The van der Waals surface area contributed by atoms with Crippen molar-refractivity contribution in [3.63, 3.8) is 0 Å². The molecule has 2 N–H and O–H groups in total. The van der Waals surface area contributed by atoms with Gasteiger partial charge in [0.1, 0.15) is 18.0 Å². The Balaban J connectivity index is 1.53. The third-order valence-corrected chi connectivity index (χ3v) is 7.19. The van der Waals surface area contributed by atoms with Gasteiger partial charge < -0.3 is 10.6 Å². The third-order valence-electron chi connectivity index (χ3n) is 7.19. The number of benzene rings is 1. The van der Waals surface area contributed by atoms with Crippen LogP contribution in [0.5, 0.6) is 0 Å². The van der Waals surface area contributed by atoms with E-state index in [0.717, 1.165) is 59.2 Å². The van der Waals surface area contributed by atoms with Crippen LogP contribution in [-0.4, -0.2) is 26.5 Å². The number of alkyl halides is 2. The lowest BCUT2D eigenvalue weighted by Gasteiger charge is -2.27. The molecule has 6 nitrogen and oxygen atoms in total. The van der Waals surface area contributed by atoms with E-state index in [1.54, 1.807) is 0 Å². The van der Waals surface area contributed by atoms with Crippen LogP contribution in [0.4, 0.5) is 20.4 Å². The highest BCUT2D eigenvalue weighted by Gasteiger charge is 2.32. The number of aromatic nitrogens is 4. The maximum Gasteiger partial charge on any atom is 0.314 e. The summed E-state index contributed by atoms with van der Waals surface area (Å²) in [7, 11) is 0. The molecule has 0 bridgehead atoms. The fraction of sp³-hybridized carbons (Fsp3) is 0.379. The normalized spacial score (nSPS) is 15.4. The molecule has 0 aliphatic heterocycles. The summed E-state index contributed by atoms with van der Waals surface area (Å²) in [5.74, 6) is 1.57. The molecule has 5 rings (SSSR count). The fourth-order valence-electron chi connectivity index (χ4n) is 4.79. The van der Waals surface area contributed by atoms with Crippen LogP contribution in [0.3, 0.4) is 0 Å². The van der Waals surface area contributed by atoms with Gasteiger partial charge in [-0.05, 0) is 67.7 Å². The maximum absolute atomic E-state index is 13.4. The molecule has 2 fully saturated rings. The van der Waals surface area contributed by atoms with Gasteiger partial charge in [-0.15, -0.1) is 0 Å². The molecule has 8 heteroatoms. The van der Waals surface area contributed by atoms with Gasteiger partial charge in [0.25, 0.3) is 0 Å². The van der Waals surface area contributed by atoms with E-state index in [1.807, 2.05) is 13.0 Å². The first-order valence-electron chi connectivity index (χ1n) is 12.8. The highest BCUT2D eigenvalue weighted by atomic mass is 19.3. The number of allylic oxidation sites excluding steroid dienone is 2. The second kappa shape index (κ2) is 10.4. The molecule has 0 spiro atoms. The van der Waals surface area contributed by atoms with Crippen molar-refractivity contribution in [2.24, 2.45) is 5.92 Å². The first-order valence-corrected chi connectivity index (χ1v) is 12.8. The van der Waals surface area contributed by atoms with Crippen LogP contribution < -0.4 is 10.6 Å². The molecular formula is C29H32F2N6. The lowest BCUT2D eigenvalue weighted by Crippen LogP contribution is -2.15. The second-order valence-corrected chi connectivity index (χ2v) is 10.1. The Labute approximate surface area is 216 Å². The topological polar surface area (TPSA) is 75.6 Å². The second-order valence-electron chi connectivity index (χ2n) is 10.1. The van der Waals surface area contributed by atoms with Crippen LogP contribution in [0.1, 0.15) is 73.0 Å². The minimum absolute atomic E-state index is 0.0512. The molecule has 2 saturated carbocycles. The van der Waals surface area contributed by atoms with Crippen molar-refractivity contribution in [2.75, 3.05) is 10.6 Å². The zero-order valence-electron chi connectivity index (χ0n) is 21.3. The number of nitrogens with zero attached hydrogens (tertiary/aromatic N) is 4. The van der Waals surface area contributed by atoms with Crippen molar-refractivity contribution in [3.05, 3.63) is 71.8 Å². The van der Waals surface area contributed by atoms with E-state index in [2.05, 4.69) is 58.9 Å². The monoisotopic (exact) mass is 502 g/mol. The number of hydrogen-bond donors (Lipinski definition) is 2. The molecule has 0 atom stereocenters. The summed E-state index contributed by atoms with van der Waals surface area (Å²) in [6.45, 7) is 10.2. The Morgan fingerprint density at radius 2 is 1.86 bits per heavy atom. The van der Waals surface area contributed by atoms with E-state index in [1.165, 1.54) is 12.7 Å². The Morgan fingerprint density at radius 1 is 1.08 bits per heavy atom. The molecule has 192 valence electrons. The zero-order valence-corrected chi connectivity index (χ0v) is 21.3. The first kappa shape index (κ1) is 25.0. The Hall–Kier alpha value is -3.68. The van der Waals surface area contributed by atoms with E-state index < -0.39 is 6.55 Å². The van der Waals surface area contributed by atoms with Crippen LogP contribution in [-0.2, 0) is 6.54 Å². The van der Waals surface area contributed by atoms with E-state index in [-0.39, 0.29) is 11.7 Å². The molecule has 3 aromatic rings. The van der Waals surface area contributed by atoms with Crippen molar-refractivity contribution >= 4 is 22.8 Å². The molecular weight excluding hydrogens is 470 g/mol. The molecule has 2 aliphatic carbocycles. The van der Waals surface area contributed by atoms with E-state index >= 15 is 0 Å². The predicted octanol–water partition coefficient (Wildman–Crippen LogP) is 7.21. The summed E-state index contributed by atoms with van der Waals surface area (Å²) in [6.07, 6.45) is 6.57. The van der Waals surface area contributed by atoms with E-state index in [4.69, 9.17) is 9.97 Å². The van der Waals surface area contributed by atoms with Crippen LogP contribution in [0.15, 0.2) is 43.8 Å². The van der Waals surface area contributed by atoms with Crippen LogP contribution in [0.25, 0.3) is 22.5 Å². The van der Waals surface area contributed by atoms with Crippen LogP contribution in [0, 0.1) is 12.8 Å². The molecule has 1 aromatic carbocycles. The largest absolute Gasteiger partial charge is 0.366 e. The smallest absolute Gasteiger partial charge is 0.314 e. The molecule has 37 heavy (non-hydrogen) atoms. The van der Waals surface area contributed by atoms with Gasteiger partial charge in [0.15, 0.2) is 5.82 Å². The molecule has 0 saturated heterocycles. The first-order chi connectivity index (χ1) is 17.8. The van der Waals surface area contributed by atoms with Gasteiger partial charge in [0, 0.05) is 18.5 Å². The standard InChI is InChI=1S/C29H32F2N6/c1-16(2)22-11-8-19(12-17(22)3)14-32-24-13-23(18(4)20-6-5-7-20)35-28(36-24)25-26(21-9-10-21)33-15-34-27(25)37-29(30)31/h8,11-13,15,20-21,29H,1,4-7,9-10,14H2,2-3H3,(H,32,35,36)(H,33,34,37). The van der Waals surface area contributed by atoms with Gasteiger partial charge in [0.2, 0.25) is 0 Å². The van der Waals surface area contributed by atoms with Gasteiger partial charge in [-0.25, -0.2) is 19.9 Å². The summed E-state index contributed by atoms with van der Waals surface area (Å²) in [5.41, 5.74) is 7.26. The van der Waals surface area contributed by atoms with Crippen molar-refractivity contribution in [3.8, 4) is 11.4 Å². The summed E-state index contributed by atoms with van der Waals surface area (Å²) in [6, 6.07) is 8.19. The quantitative estimate of drug-likeness (QED) is 0.285. The molecule has 2 aromatic heterocycles. The van der Waals surface area contributed by atoms with Crippen molar-refractivity contribution in [2.45, 2.75) is 65.0 Å². The third kappa shape index (κ3) is 5.53. The van der Waals surface area contributed by atoms with Gasteiger partial charge >= 0.3 is 6.55 Å². The van der Waals surface area contributed by atoms with E-state index in [0.29, 0.717) is 35.4 Å². The number of aryl methyl sites for hydroxylation is 1. The number of rotatable bonds is 10. The SMILES string of the molecule is C=C(C)c1ccc(CNc2cc(C(=C)C3CCC3)nc(-c3c(NC(F)F)ncnc3C3CC3)n2)cc1C. The van der Waals surface area contributed by atoms with Crippen LogP contribution >= 0.6 is 0 Å². The summed E-state index contributed by atoms with van der Waals surface area (Å²) in [5, 5.41) is 5.59. The average molecular weight is 503 g/mol. The summed E-state index contributed by atoms with van der Waals surface area (Å²) in [4.78, 5) is 18.2. The number of hydrogen-bond acceptors (Lipinski definition) is 6. The van der Waals surface area contributed by atoms with E-state index in [9.17, 15) is 8.78 Å². The number of nitrogens with one attached hydrogen (secondary N) is 2. The molecule has 2 heterocycles. The Bertz CT molecular complexity index is 1340. The maximum atomic E-state index is 13.4. The lowest BCUT2D eigenvalue weighted by atomic mass is 9.79. The Kier molecular flexibility index (Phi) is 7.00. The molecule has 2 aliphatic rings. The number of anilines is 2. The van der Waals surface area contributed by atoms with Crippen molar-refractivity contribution in [1.29, 1.82) is 0 Å². The summed E-state index contributed by atoms with van der Waals surface area (Å²) >= 11 is 0. The highest BCUT2D eigenvalue weighted by Crippen LogP contribution is 2.45.